The summed E-state index contributed by atoms with van der Waals surface area (Å²) in [7, 11) is 0. The van der Waals surface area contributed by atoms with Crippen molar-refractivity contribution in [2.45, 2.75) is 5.16 Å². The lowest BCUT2D eigenvalue weighted by atomic mass is 10.1. The lowest BCUT2D eigenvalue weighted by Crippen LogP contribution is -1.94. The van der Waals surface area contributed by atoms with E-state index in [-0.39, 0.29) is 5.82 Å². The van der Waals surface area contributed by atoms with E-state index in [0.29, 0.717) is 10.8 Å². The molecule has 0 saturated carbocycles. The zero-order valence-electron chi connectivity index (χ0n) is 14.9. The van der Waals surface area contributed by atoms with Gasteiger partial charge in [-0.15, -0.1) is 0 Å². The van der Waals surface area contributed by atoms with Gasteiger partial charge in [0.1, 0.15) is 11.6 Å². The number of aromatic nitrogens is 3. The molecule has 4 aromatic rings. The van der Waals surface area contributed by atoms with Crippen molar-refractivity contribution in [1.29, 1.82) is 0 Å². The van der Waals surface area contributed by atoms with Crippen molar-refractivity contribution < 1.29 is 4.39 Å². The van der Waals surface area contributed by atoms with Crippen LogP contribution < -0.4 is 5.32 Å². The number of nitrogens with zero attached hydrogens (tertiary/aromatic N) is 2. The smallest absolute Gasteiger partial charge is 0.166 e. The van der Waals surface area contributed by atoms with E-state index in [0.717, 1.165) is 33.4 Å². The van der Waals surface area contributed by atoms with E-state index >= 15 is 0 Å². The maximum atomic E-state index is 13.3. The number of hydrogen-bond acceptors (Lipinski definition) is 4. The standard InChI is InChI=1S/C21H16ClFN4S/c1-28-21-26-19(13-2-6-16(23)7-3-13)20(27-21)14-10-11-24-18(12-14)25-17-8-4-15(22)5-9-17/h2-12H,1H3,(H,24,25)(H,26,27). The van der Waals surface area contributed by atoms with Crippen LogP contribution in [0.4, 0.5) is 15.9 Å². The summed E-state index contributed by atoms with van der Waals surface area (Å²) in [6, 6.07) is 17.6. The Morgan fingerprint density at radius 1 is 1.00 bits per heavy atom. The molecule has 2 N–H and O–H groups in total. The van der Waals surface area contributed by atoms with E-state index in [1.807, 2.05) is 42.7 Å². The number of hydrogen-bond donors (Lipinski definition) is 2. The predicted molar refractivity (Wildman–Crippen MR) is 114 cm³/mol. The maximum absolute atomic E-state index is 13.3. The molecule has 0 aliphatic rings. The highest BCUT2D eigenvalue weighted by Gasteiger charge is 2.15. The van der Waals surface area contributed by atoms with Crippen LogP contribution in [-0.2, 0) is 0 Å². The first-order chi connectivity index (χ1) is 13.6. The molecule has 0 aliphatic heterocycles. The molecule has 0 unspecified atom stereocenters. The first-order valence-electron chi connectivity index (χ1n) is 8.51. The Balaban J connectivity index is 1.71. The molecule has 4 nitrogen and oxygen atoms in total. The van der Waals surface area contributed by atoms with Gasteiger partial charge in [0, 0.05) is 28.0 Å². The van der Waals surface area contributed by atoms with Crippen molar-refractivity contribution in [3.8, 4) is 22.5 Å². The molecular formula is C21H16ClFN4S. The van der Waals surface area contributed by atoms with Crippen LogP contribution >= 0.6 is 23.4 Å². The van der Waals surface area contributed by atoms with E-state index in [1.165, 1.54) is 23.9 Å². The Morgan fingerprint density at radius 3 is 2.46 bits per heavy atom. The second-order valence-corrected chi connectivity index (χ2v) is 7.27. The van der Waals surface area contributed by atoms with Crippen LogP contribution in [-0.4, -0.2) is 21.2 Å². The minimum absolute atomic E-state index is 0.270. The monoisotopic (exact) mass is 410 g/mol. The number of aromatic amines is 1. The lowest BCUT2D eigenvalue weighted by Gasteiger charge is -2.08. The number of thioether (sulfide) groups is 1. The molecule has 0 bridgehead atoms. The molecule has 2 aromatic carbocycles. The number of benzene rings is 2. The molecule has 2 heterocycles. The van der Waals surface area contributed by atoms with E-state index < -0.39 is 0 Å². The summed E-state index contributed by atoms with van der Waals surface area (Å²) in [5.74, 6) is 0.423. The number of halogens is 2. The first-order valence-corrected chi connectivity index (χ1v) is 10.1. The van der Waals surface area contributed by atoms with Gasteiger partial charge in [-0.05, 0) is 66.9 Å². The molecule has 0 radical (unpaired) electrons. The molecule has 0 amide bonds. The van der Waals surface area contributed by atoms with Gasteiger partial charge in [0.25, 0.3) is 0 Å². The summed E-state index contributed by atoms with van der Waals surface area (Å²) in [6.07, 6.45) is 3.69. The summed E-state index contributed by atoms with van der Waals surface area (Å²) in [6.45, 7) is 0. The van der Waals surface area contributed by atoms with Gasteiger partial charge in [-0.1, -0.05) is 23.4 Å². The predicted octanol–water partition coefficient (Wildman–Crippen LogP) is 6.40. The number of rotatable bonds is 5. The van der Waals surface area contributed by atoms with Gasteiger partial charge in [-0.3, -0.25) is 0 Å². The van der Waals surface area contributed by atoms with Gasteiger partial charge in [-0.25, -0.2) is 14.4 Å². The van der Waals surface area contributed by atoms with Crippen LogP contribution in [0, 0.1) is 5.82 Å². The summed E-state index contributed by atoms with van der Waals surface area (Å²) in [4.78, 5) is 12.4. The topological polar surface area (TPSA) is 53.6 Å². The number of imidazole rings is 1. The van der Waals surface area contributed by atoms with Crippen molar-refractivity contribution in [3.63, 3.8) is 0 Å². The van der Waals surface area contributed by atoms with Crippen LogP contribution in [0.1, 0.15) is 0 Å². The number of anilines is 2. The van der Waals surface area contributed by atoms with Crippen molar-refractivity contribution in [2.75, 3.05) is 11.6 Å². The first kappa shape index (κ1) is 18.5. The van der Waals surface area contributed by atoms with E-state index in [9.17, 15) is 4.39 Å². The minimum atomic E-state index is -0.270. The molecular weight excluding hydrogens is 395 g/mol. The Morgan fingerprint density at radius 2 is 1.75 bits per heavy atom. The maximum Gasteiger partial charge on any atom is 0.166 e. The highest BCUT2D eigenvalue weighted by Crippen LogP contribution is 2.33. The highest BCUT2D eigenvalue weighted by molar-refractivity contribution is 7.98. The molecule has 7 heteroatoms. The van der Waals surface area contributed by atoms with Crippen LogP contribution in [0.3, 0.4) is 0 Å². The van der Waals surface area contributed by atoms with E-state index in [4.69, 9.17) is 16.6 Å². The number of nitrogens with one attached hydrogen (secondary N) is 2. The van der Waals surface area contributed by atoms with E-state index in [2.05, 4.69) is 15.3 Å². The molecule has 0 aliphatic carbocycles. The second-order valence-electron chi connectivity index (χ2n) is 6.04. The summed E-state index contributed by atoms with van der Waals surface area (Å²) >= 11 is 7.46. The normalized spacial score (nSPS) is 10.8. The second kappa shape index (κ2) is 8.04. The number of H-pyrrole nitrogens is 1. The third kappa shape index (κ3) is 4.03. The molecule has 0 atom stereocenters. The fraction of sp³-hybridized carbons (Fsp3) is 0.0476. The molecule has 0 spiro atoms. The van der Waals surface area contributed by atoms with Crippen molar-refractivity contribution in [1.82, 2.24) is 15.0 Å². The minimum Gasteiger partial charge on any atom is -0.340 e. The fourth-order valence-electron chi connectivity index (χ4n) is 2.81. The van der Waals surface area contributed by atoms with Gasteiger partial charge in [0.15, 0.2) is 5.16 Å². The van der Waals surface area contributed by atoms with Crippen LogP contribution in [0.5, 0.6) is 0 Å². The average Bonchev–Trinajstić information content (AvgIpc) is 3.15. The fourth-order valence-corrected chi connectivity index (χ4v) is 3.32. The molecule has 28 heavy (non-hydrogen) atoms. The van der Waals surface area contributed by atoms with Gasteiger partial charge < -0.3 is 10.3 Å². The van der Waals surface area contributed by atoms with Crippen LogP contribution in [0.15, 0.2) is 72.0 Å². The summed E-state index contributed by atoms with van der Waals surface area (Å²) < 4.78 is 13.3. The third-order valence-corrected chi connectivity index (χ3v) is 4.99. The molecule has 2 aromatic heterocycles. The third-order valence-electron chi connectivity index (χ3n) is 4.16. The van der Waals surface area contributed by atoms with Crippen molar-refractivity contribution in [3.05, 3.63) is 77.7 Å². The van der Waals surface area contributed by atoms with E-state index in [1.54, 1.807) is 18.3 Å². The lowest BCUT2D eigenvalue weighted by molar-refractivity contribution is 0.628. The van der Waals surface area contributed by atoms with Gasteiger partial charge in [0.2, 0.25) is 0 Å². The summed E-state index contributed by atoms with van der Waals surface area (Å²) in [5.41, 5.74) is 4.29. The largest absolute Gasteiger partial charge is 0.340 e. The zero-order chi connectivity index (χ0) is 19.5. The zero-order valence-corrected chi connectivity index (χ0v) is 16.5. The SMILES string of the molecule is CSc1nc(-c2ccnc(Nc3ccc(Cl)cc3)c2)c(-c2ccc(F)cc2)[nH]1. The Bertz CT molecular complexity index is 1090. The molecule has 4 rings (SSSR count). The summed E-state index contributed by atoms with van der Waals surface area (Å²) in [5, 5.41) is 4.73. The van der Waals surface area contributed by atoms with Gasteiger partial charge >= 0.3 is 0 Å². The molecule has 0 fully saturated rings. The molecule has 0 saturated heterocycles. The van der Waals surface area contributed by atoms with Crippen LogP contribution in [0.2, 0.25) is 5.02 Å². The quantitative estimate of drug-likeness (QED) is 0.374. The van der Waals surface area contributed by atoms with Crippen LogP contribution in [0.25, 0.3) is 22.5 Å². The van der Waals surface area contributed by atoms with Gasteiger partial charge in [-0.2, -0.15) is 0 Å². The van der Waals surface area contributed by atoms with Gasteiger partial charge in [0.05, 0.1) is 11.4 Å². The molecule has 140 valence electrons. The van der Waals surface area contributed by atoms with Crippen molar-refractivity contribution in [2.24, 2.45) is 0 Å². The average molecular weight is 411 g/mol. The Labute approximate surface area is 171 Å². The highest BCUT2D eigenvalue weighted by atomic mass is 35.5. The van der Waals surface area contributed by atoms with Crippen molar-refractivity contribution >= 4 is 34.9 Å². The number of pyridine rings is 1. The Kier molecular flexibility index (Phi) is 5.32. The Hall–Kier alpha value is -2.83.